The number of likely N-dealkylation sites (N-methyl/N-ethyl adjacent to an activating group) is 1. The molecule has 7 nitrogen and oxygen atoms in total. The molecule has 9 heteroatoms. The standard InChI is InChI=1S/C52H99NO6S2/c1-4-6-8-10-12-14-24-38-51(55)58-47(44-60-49-34-20-16-17-21-35-49)32-28-26-30-46(53(3)40-42-57-43-41-54)31-27-29-33-48(45-61-50-36-22-18-19-23-37-50)59-52(56)39-25-15-13-11-9-7-5-2/h46-50,54H,4-45H2,1-3H3. The number of unbranched alkanes of at least 4 members (excludes halogenated alkanes) is 14. The number of hydrogen-bond donors (Lipinski definition) is 1. The van der Waals surface area contributed by atoms with E-state index in [0.29, 0.717) is 42.6 Å². The largest absolute Gasteiger partial charge is 0.461 e. The van der Waals surface area contributed by atoms with Crippen molar-refractivity contribution in [1.29, 1.82) is 0 Å². The zero-order chi connectivity index (χ0) is 43.9. The minimum Gasteiger partial charge on any atom is -0.461 e. The van der Waals surface area contributed by atoms with Crippen LogP contribution in [0.3, 0.4) is 0 Å². The van der Waals surface area contributed by atoms with Crippen LogP contribution in [0.5, 0.6) is 0 Å². The number of nitrogens with zero attached hydrogens (tertiary/aromatic N) is 1. The van der Waals surface area contributed by atoms with Crippen molar-refractivity contribution >= 4 is 35.5 Å². The van der Waals surface area contributed by atoms with Crippen molar-refractivity contribution in [2.75, 3.05) is 44.9 Å². The second-order valence-corrected chi connectivity index (χ2v) is 21.6. The number of aliphatic hydroxyl groups excluding tert-OH is 1. The summed E-state index contributed by atoms with van der Waals surface area (Å²) in [6.07, 6.45) is 42.6. The summed E-state index contributed by atoms with van der Waals surface area (Å²) < 4.78 is 18.2. The third-order valence-corrected chi connectivity index (χ3v) is 16.3. The lowest BCUT2D eigenvalue weighted by Gasteiger charge is -2.29. The van der Waals surface area contributed by atoms with Crippen molar-refractivity contribution in [2.45, 2.75) is 274 Å². The summed E-state index contributed by atoms with van der Waals surface area (Å²) in [5.41, 5.74) is 0. The van der Waals surface area contributed by atoms with Crippen LogP contribution < -0.4 is 0 Å². The highest BCUT2D eigenvalue weighted by atomic mass is 32.2. The number of carbonyl (C=O) groups excluding carboxylic acids is 2. The molecule has 0 aromatic heterocycles. The first-order valence-corrected chi connectivity index (χ1v) is 28.6. The number of rotatable bonds is 40. The average molecular weight is 898 g/mol. The summed E-state index contributed by atoms with van der Waals surface area (Å²) in [7, 11) is 2.22. The highest BCUT2D eigenvalue weighted by Crippen LogP contribution is 2.31. The maximum atomic E-state index is 13.1. The zero-order valence-corrected chi connectivity index (χ0v) is 42.0. The zero-order valence-electron chi connectivity index (χ0n) is 40.3. The molecule has 0 amide bonds. The van der Waals surface area contributed by atoms with Gasteiger partial charge in [-0.25, -0.2) is 0 Å². The van der Waals surface area contributed by atoms with E-state index in [1.165, 1.54) is 141 Å². The first-order chi connectivity index (χ1) is 29.9. The van der Waals surface area contributed by atoms with E-state index in [-0.39, 0.29) is 30.8 Å². The Balaban J connectivity index is 1.92. The van der Waals surface area contributed by atoms with Gasteiger partial charge in [0.1, 0.15) is 12.2 Å². The molecule has 2 aliphatic rings. The Morgan fingerprint density at radius 2 is 0.934 bits per heavy atom. The molecule has 0 aromatic carbocycles. The molecule has 1 N–H and O–H groups in total. The molecule has 0 spiro atoms. The van der Waals surface area contributed by atoms with Crippen LogP contribution in [0.2, 0.25) is 0 Å². The van der Waals surface area contributed by atoms with Crippen molar-refractivity contribution < 1.29 is 28.9 Å². The SMILES string of the molecule is CCCCCCCCCC(=O)OC(CCCCC(CCCCC(CSC1CCCCCC1)OC(=O)CCCCCCCCC)N(C)CCOCCO)CSC1CCCCCC1. The van der Waals surface area contributed by atoms with Gasteiger partial charge in [0.05, 0.1) is 19.8 Å². The Kier molecular flexibility index (Phi) is 38.1. The van der Waals surface area contributed by atoms with E-state index in [1.54, 1.807) is 0 Å². The fourth-order valence-corrected chi connectivity index (χ4v) is 12.0. The van der Waals surface area contributed by atoms with Gasteiger partial charge >= 0.3 is 11.9 Å². The van der Waals surface area contributed by atoms with Crippen molar-refractivity contribution in [2.24, 2.45) is 0 Å². The summed E-state index contributed by atoms with van der Waals surface area (Å²) in [5, 5.41) is 10.7. The first-order valence-electron chi connectivity index (χ1n) is 26.5. The summed E-state index contributed by atoms with van der Waals surface area (Å²) in [5.74, 6) is 1.89. The third-order valence-electron chi connectivity index (χ3n) is 13.3. The van der Waals surface area contributed by atoms with Crippen molar-refractivity contribution in [3.63, 3.8) is 0 Å². The van der Waals surface area contributed by atoms with Gasteiger partial charge in [-0.1, -0.05) is 155 Å². The lowest BCUT2D eigenvalue weighted by atomic mass is 9.99. The molecule has 360 valence electrons. The lowest BCUT2D eigenvalue weighted by Crippen LogP contribution is -2.34. The molecule has 0 aromatic rings. The third kappa shape index (κ3) is 32.8. The summed E-state index contributed by atoms with van der Waals surface area (Å²) in [6.45, 7) is 6.42. The van der Waals surface area contributed by atoms with Gasteiger partial charge < -0.3 is 24.2 Å². The van der Waals surface area contributed by atoms with Crippen LogP contribution in [0.1, 0.15) is 245 Å². The van der Waals surface area contributed by atoms with Crippen LogP contribution in [0.25, 0.3) is 0 Å². The Labute approximate surface area is 386 Å². The van der Waals surface area contributed by atoms with Crippen LogP contribution in [0.4, 0.5) is 0 Å². The normalized spacial score (nSPS) is 17.2. The van der Waals surface area contributed by atoms with Crippen molar-refractivity contribution in [3.05, 3.63) is 0 Å². The van der Waals surface area contributed by atoms with Gasteiger partial charge in [0, 0.05) is 47.4 Å². The number of aliphatic hydroxyl groups is 1. The maximum absolute atomic E-state index is 13.1. The number of ether oxygens (including phenoxy) is 3. The molecule has 0 bridgehead atoms. The predicted octanol–water partition coefficient (Wildman–Crippen LogP) is 14.4. The van der Waals surface area contributed by atoms with Crippen LogP contribution in [0.15, 0.2) is 0 Å². The van der Waals surface area contributed by atoms with E-state index in [2.05, 4.69) is 49.3 Å². The number of esters is 2. The molecule has 2 unspecified atom stereocenters. The molecule has 0 saturated heterocycles. The molecular formula is C52H99NO6S2. The average Bonchev–Trinajstić information content (AvgIpc) is 3.70. The van der Waals surface area contributed by atoms with Crippen molar-refractivity contribution in [1.82, 2.24) is 4.90 Å². The topological polar surface area (TPSA) is 85.3 Å². The van der Waals surface area contributed by atoms with Crippen LogP contribution in [0, 0.1) is 0 Å². The van der Waals surface area contributed by atoms with E-state index in [0.717, 1.165) is 95.1 Å². The summed E-state index contributed by atoms with van der Waals surface area (Å²) >= 11 is 4.14. The van der Waals surface area contributed by atoms with Gasteiger partial charge in [-0.2, -0.15) is 23.5 Å². The lowest BCUT2D eigenvalue weighted by molar-refractivity contribution is -0.149. The Morgan fingerprint density at radius 1 is 0.541 bits per heavy atom. The van der Waals surface area contributed by atoms with Gasteiger partial charge in [0.15, 0.2) is 0 Å². The number of thioether (sulfide) groups is 2. The minimum absolute atomic E-state index is 0.00895. The highest BCUT2D eigenvalue weighted by molar-refractivity contribution is 8.00. The Hall–Kier alpha value is -0.480. The van der Waals surface area contributed by atoms with Gasteiger partial charge in [0.25, 0.3) is 0 Å². The first kappa shape index (κ1) is 56.6. The fraction of sp³-hybridized carbons (Fsp3) is 0.962. The van der Waals surface area contributed by atoms with E-state index in [4.69, 9.17) is 14.2 Å². The van der Waals surface area contributed by atoms with Gasteiger partial charge in [0.2, 0.25) is 0 Å². The number of carbonyl (C=O) groups is 2. The van der Waals surface area contributed by atoms with Crippen LogP contribution >= 0.6 is 23.5 Å². The van der Waals surface area contributed by atoms with E-state index < -0.39 is 0 Å². The highest BCUT2D eigenvalue weighted by Gasteiger charge is 2.22. The molecular weight excluding hydrogens is 799 g/mol. The smallest absolute Gasteiger partial charge is 0.306 e. The van der Waals surface area contributed by atoms with Gasteiger partial charge in [-0.3, -0.25) is 9.59 Å². The van der Waals surface area contributed by atoms with Gasteiger partial charge in [-0.05, 0) is 84.1 Å². The summed E-state index contributed by atoms with van der Waals surface area (Å²) in [4.78, 5) is 28.6. The molecule has 61 heavy (non-hydrogen) atoms. The second-order valence-electron chi connectivity index (χ2n) is 18.9. The predicted molar refractivity (Wildman–Crippen MR) is 264 cm³/mol. The van der Waals surface area contributed by atoms with Gasteiger partial charge in [-0.15, -0.1) is 0 Å². The fourth-order valence-electron chi connectivity index (χ4n) is 9.25. The molecule has 2 aliphatic carbocycles. The molecule has 0 radical (unpaired) electrons. The molecule has 2 fully saturated rings. The number of hydrogen-bond acceptors (Lipinski definition) is 9. The molecule has 2 rings (SSSR count). The quantitative estimate of drug-likeness (QED) is 0.0367. The molecule has 2 atom stereocenters. The van der Waals surface area contributed by atoms with Crippen molar-refractivity contribution in [3.8, 4) is 0 Å². The van der Waals surface area contributed by atoms with E-state index >= 15 is 0 Å². The molecule has 2 saturated carbocycles. The van der Waals surface area contributed by atoms with Crippen LogP contribution in [-0.4, -0.2) is 95.6 Å². The Morgan fingerprint density at radius 3 is 1.34 bits per heavy atom. The van der Waals surface area contributed by atoms with E-state index in [9.17, 15) is 14.7 Å². The van der Waals surface area contributed by atoms with E-state index in [1.807, 2.05) is 0 Å². The minimum atomic E-state index is 0.00895. The molecule has 0 aliphatic heterocycles. The maximum Gasteiger partial charge on any atom is 0.306 e. The Bertz CT molecular complexity index is 921. The second kappa shape index (κ2) is 41.0. The monoisotopic (exact) mass is 898 g/mol. The molecule has 0 heterocycles. The summed E-state index contributed by atoms with van der Waals surface area (Å²) in [6, 6.07) is 0.440. The van der Waals surface area contributed by atoms with Crippen LogP contribution in [-0.2, 0) is 23.8 Å².